The summed E-state index contributed by atoms with van der Waals surface area (Å²) >= 11 is 0. The number of aromatic nitrogens is 4. The molecule has 2 heterocycles. The Labute approximate surface area is 115 Å². The summed E-state index contributed by atoms with van der Waals surface area (Å²) in [5.74, 6) is -1.09. The summed E-state index contributed by atoms with van der Waals surface area (Å²) in [5, 5.41) is 4.09. The summed E-state index contributed by atoms with van der Waals surface area (Å²) < 4.78 is 20.0. The highest BCUT2D eigenvalue weighted by Gasteiger charge is 2.20. The van der Waals surface area contributed by atoms with E-state index in [1.807, 2.05) is 13.8 Å². The predicted molar refractivity (Wildman–Crippen MR) is 69.2 cm³/mol. The Kier molecular flexibility index (Phi) is 4.07. The molecule has 0 fully saturated rings. The molecule has 20 heavy (non-hydrogen) atoms. The van der Waals surface area contributed by atoms with Crippen LogP contribution >= 0.6 is 0 Å². The van der Waals surface area contributed by atoms with Gasteiger partial charge in [-0.2, -0.15) is 5.10 Å². The van der Waals surface area contributed by atoms with Crippen molar-refractivity contribution in [3.8, 4) is 5.82 Å². The Morgan fingerprint density at radius 1 is 1.50 bits per heavy atom. The Balaban J connectivity index is 2.52. The maximum atomic E-state index is 13.8. The number of hydrogen-bond acceptors (Lipinski definition) is 5. The van der Waals surface area contributed by atoms with Crippen molar-refractivity contribution >= 4 is 5.97 Å². The minimum absolute atomic E-state index is 0.0132. The molecular formula is C13H15FN4O2. The maximum Gasteiger partial charge on any atom is 0.358 e. The highest BCUT2D eigenvalue weighted by atomic mass is 19.1. The molecule has 0 radical (unpaired) electrons. The van der Waals surface area contributed by atoms with Gasteiger partial charge in [0.15, 0.2) is 17.3 Å². The summed E-state index contributed by atoms with van der Waals surface area (Å²) in [6.45, 7) is 5.80. The second kappa shape index (κ2) is 5.77. The molecule has 0 N–H and O–H groups in total. The van der Waals surface area contributed by atoms with Crippen LogP contribution in [0.3, 0.4) is 0 Å². The Hall–Kier alpha value is -2.31. The van der Waals surface area contributed by atoms with Crippen LogP contribution in [0.5, 0.6) is 0 Å². The van der Waals surface area contributed by atoms with Gasteiger partial charge < -0.3 is 4.74 Å². The third-order valence-corrected chi connectivity index (χ3v) is 2.66. The number of hydrogen-bond donors (Lipinski definition) is 0. The number of halogens is 1. The molecule has 0 aliphatic rings. The molecule has 0 bridgehead atoms. The maximum absolute atomic E-state index is 13.8. The van der Waals surface area contributed by atoms with Gasteiger partial charge in [-0.05, 0) is 18.9 Å². The molecule has 0 unspecified atom stereocenters. The number of carbonyl (C=O) groups is 1. The van der Waals surface area contributed by atoms with E-state index in [1.54, 1.807) is 13.0 Å². The first-order valence-corrected chi connectivity index (χ1v) is 6.27. The SMILES string of the molecule is CCOC(=O)c1cc(C(C)C)n(-c2ncncc2F)n1. The third-order valence-electron chi connectivity index (χ3n) is 2.66. The fourth-order valence-corrected chi connectivity index (χ4v) is 1.74. The normalized spacial score (nSPS) is 10.8. The molecule has 0 aliphatic heterocycles. The van der Waals surface area contributed by atoms with E-state index in [-0.39, 0.29) is 24.0 Å². The lowest BCUT2D eigenvalue weighted by molar-refractivity contribution is 0.0519. The van der Waals surface area contributed by atoms with Crippen molar-refractivity contribution in [3.05, 3.63) is 35.8 Å². The average molecular weight is 278 g/mol. The summed E-state index contributed by atoms with van der Waals surface area (Å²) in [6.07, 6.45) is 2.28. The largest absolute Gasteiger partial charge is 0.461 e. The van der Waals surface area contributed by atoms with E-state index < -0.39 is 11.8 Å². The summed E-state index contributed by atoms with van der Waals surface area (Å²) in [6, 6.07) is 1.59. The molecule has 106 valence electrons. The van der Waals surface area contributed by atoms with Gasteiger partial charge in [-0.1, -0.05) is 13.8 Å². The van der Waals surface area contributed by atoms with Gasteiger partial charge in [0.25, 0.3) is 0 Å². The monoisotopic (exact) mass is 278 g/mol. The van der Waals surface area contributed by atoms with Gasteiger partial charge in [0.05, 0.1) is 12.8 Å². The van der Waals surface area contributed by atoms with E-state index in [0.29, 0.717) is 5.69 Å². The molecule has 0 aliphatic carbocycles. The molecule has 0 saturated carbocycles. The average Bonchev–Trinajstić information content (AvgIpc) is 2.84. The minimum Gasteiger partial charge on any atom is -0.461 e. The summed E-state index contributed by atoms with van der Waals surface area (Å²) in [7, 11) is 0. The molecule has 0 aromatic carbocycles. The number of ether oxygens (including phenoxy) is 1. The van der Waals surface area contributed by atoms with Crippen molar-refractivity contribution in [2.45, 2.75) is 26.7 Å². The van der Waals surface area contributed by atoms with Crippen molar-refractivity contribution in [1.29, 1.82) is 0 Å². The van der Waals surface area contributed by atoms with Crippen molar-refractivity contribution in [2.24, 2.45) is 0 Å². The van der Waals surface area contributed by atoms with Crippen molar-refractivity contribution < 1.29 is 13.9 Å². The van der Waals surface area contributed by atoms with Crippen LogP contribution in [0, 0.1) is 5.82 Å². The lowest BCUT2D eigenvalue weighted by Gasteiger charge is -2.08. The minimum atomic E-state index is -0.604. The molecule has 2 aromatic heterocycles. The van der Waals surface area contributed by atoms with Crippen LogP contribution in [0.25, 0.3) is 5.82 Å². The first-order valence-electron chi connectivity index (χ1n) is 6.27. The van der Waals surface area contributed by atoms with Crippen LogP contribution in [-0.2, 0) is 4.74 Å². The zero-order valence-corrected chi connectivity index (χ0v) is 11.5. The van der Waals surface area contributed by atoms with Gasteiger partial charge in [-0.15, -0.1) is 0 Å². The van der Waals surface area contributed by atoms with E-state index in [4.69, 9.17) is 4.74 Å². The standard InChI is InChI=1S/C13H15FN4O2/c1-4-20-13(19)10-5-11(8(2)3)18(17-10)12-9(14)6-15-7-16-12/h5-8H,4H2,1-3H3. The van der Waals surface area contributed by atoms with Crippen molar-refractivity contribution in [2.75, 3.05) is 6.61 Å². The van der Waals surface area contributed by atoms with Crippen LogP contribution in [0.1, 0.15) is 42.9 Å². The van der Waals surface area contributed by atoms with E-state index in [1.165, 1.54) is 11.0 Å². The number of nitrogens with zero attached hydrogens (tertiary/aromatic N) is 4. The third kappa shape index (κ3) is 2.66. The Morgan fingerprint density at radius 3 is 2.85 bits per heavy atom. The van der Waals surface area contributed by atoms with E-state index in [2.05, 4.69) is 15.1 Å². The highest BCUT2D eigenvalue weighted by Crippen LogP contribution is 2.20. The van der Waals surface area contributed by atoms with Gasteiger partial charge >= 0.3 is 5.97 Å². The molecule has 7 heteroatoms. The quantitative estimate of drug-likeness (QED) is 0.801. The molecular weight excluding hydrogens is 263 g/mol. The van der Waals surface area contributed by atoms with Crippen LogP contribution in [0.4, 0.5) is 4.39 Å². The van der Waals surface area contributed by atoms with Crippen LogP contribution < -0.4 is 0 Å². The fourth-order valence-electron chi connectivity index (χ4n) is 1.74. The lowest BCUT2D eigenvalue weighted by Crippen LogP contribution is -2.10. The predicted octanol–water partition coefficient (Wildman–Crippen LogP) is 2.10. The molecule has 0 saturated heterocycles. The van der Waals surface area contributed by atoms with E-state index >= 15 is 0 Å². The van der Waals surface area contributed by atoms with Crippen LogP contribution in [0.15, 0.2) is 18.6 Å². The molecule has 0 spiro atoms. The molecule has 6 nitrogen and oxygen atoms in total. The van der Waals surface area contributed by atoms with Gasteiger partial charge in [0.2, 0.25) is 0 Å². The molecule has 2 aromatic rings. The second-order valence-electron chi connectivity index (χ2n) is 4.44. The van der Waals surface area contributed by atoms with Gasteiger partial charge in [0, 0.05) is 5.69 Å². The van der Waals surface area contributed by atoms with Crippen LogP contribution in [0.2, 0.25) is 0 Å². The fraction of sp³-hybridized carbons (Fsp3) is 0.385. The highest BCUT2D eigenvalue weighted by molar-refractivity contribution is 5.87. The Bertz CT molecular complexity index is 625. The first kappa shape index (κ1) is 14.1. The number of carbonyl (C=O) groups excluding carboxylic acids is 1. The Morgan fingerprint density at radius 2 is 2.25 bits per heavy atom. The van der Waals surface area contributed by atoms with E-state index in [9.17, 15) is 9.18 Å². The van der Waals surface area contributed by atoms with Gasteiger partial charge in [0.1, 0.15) is 6.33 Å². The van der Waals surface area contributed by atoms with E-state index in [0.717, 1.165) is 6.20 Å². The number of esters is 1. The zero-order valence-electron chi connectivity index (χ0n) is 11.5. The molecule has 2 rings (SSSR count). The van der Waals surface area contributed by atoms with Crippen LogP contribution in [-0.4, -0.2) is 32.3 Å². The molecule has 0 amide bonds. The van der Waals surface area contributed by atoms with Crippen molar-refractivity contribution in [1.82, 2.24) is 19.7 Å². The topological polar surface area (TPSA) is 69.9 Å². The summed E-state index contributed by atoms with van der Waals surface area (Å²) in [5.41, 5.74) is 0.805. The smallest absolute Gasteiger partial charge is 0.358 e. The second-order valence-corrected chi connectivity index (χ2v) is 4.44. The lowest BCUT2D eigenvalue weighted by atomic mass is 10.1. The van der Waals surface area contributed by atoms with Crippen molar-refractivity contribution in [3.63, 3.8) is 0 Å². The summed E-state index contributed by atoms with van der Waals surface area (Å²) in [4.78, 5) is 19.2. The zero-order chi connectivity index (χ0) is 14.7. The molecule has 0 atom stereocenters. The first-order chi connectivity index (χ1) is 9.54. The van der Waals surface area contributed by atoms with Gasteiger partial charge in [-0.3, -0.25) is 0 Å². The van der Waals surface area contributed by atoms with Gasteiger partial charge in [-0.25, -0.2) is 23.8 Å². The number of rotatable bonds is 4.